The summed E-state index contributed by atoms with van der Waals surface area (Å²) in [7, 11) is 1.78. The number of H-pyrrole nitrogens is 2. The molecule has 22 nitrogen and oxygen atoms in total. The first-order valence-electron chi connectivity index (χ1n) is 23.0. The number of hydrogen-bond acceptors (Lipinski definition) is 23. The van der Waals surface area contributed by atoms with E-state index in [1.165, 1.54) is 50.4 Å². The first-order valence-corrected chi connectivity index (χ1v) is 26.3. The van der Waals surface area contributed by atoms with E-state index in [9.17, 15) is 0 Å². The van der Waals surface area contributed by atoms with Gasteiger partial charge in [0.25, 0.3) is 0 Å². The molecule has 0 fully saturated rings. The van der Waals surface area contributed by atoms with Crippen LogP contribution in [0.1, 0.15) is 130 Å². The molecule has 26 heteroatoms. The third kappa shape index (κ3) is 39.6. The van der Waals surface area contributed by atoms with Crippen LogP contribution >= 0.6 is 45.7 Å². The Balaban J connectivity index is -0.000000737. The van der Waals surface area contributed by atoms with E-state index in [-0.39, 0.29) is 0 Å². The van der Waals surface area contributed by atoms with Gasteiger partial charge in [0.05, 0.1) is 70.0 Å². The zero-order chi connectivity index (χ0) is 56.1. The molecule has 0 saturated heterocycles. The lowest BCUT2D eigenvalue weighted by Gasteiger charge is -1.77. The highest BCUT2D eigenvalue weighted by molar-refractivity contribution is 7.10. The predicted octanol–water partition coefficient (Wildman–Crippen LogP) is 12.2. The lowest BCUT2D eigenvalue weighted by molar-refractivity contribution is 0.389. The number of aromatic nitrogens is 19. The molecule has 0 bridgehead atoms. The summed E-state index contributed by atoms with van der Waals surface area (Å²) in [6.07, 6.45) is 9.51. The lowest BCUT2D eigenvalue weighted by Crippen LogP contribution is -1.89. The normalized spacial score (nSPS) is 8.75. The molecule has 0 atom stereocenters. The first kappa shape index (κ1) is 70.6. The molecule has 73 heavy (non-hydrogen) atoms. The van der Waals surface area contributed by atoms with E-state index in [0.29, 0.717) is 11.7 Å². The summed E-state index contributed by atoms with van der Waals surface area (Å²) in [5.41, 5.74) is 9.84. The van der Waals surface area contributed by atoms with Crippen LogP contribution in [0.25, 0.3) is 0 Å². The van der Waals surface area contributed by atoms with Gasteiger partial charge in [0.2, 0.25) is 5.89 Å². The number of thiazole rings is 2. The average Bonchev–Trinajstić information content (AvgIpc) is 4.21. The number of nitrogens with zero attached hydrogens (tertiary/aromatic N) is 17. The molecule has 0 aliphatic rings. The largest absolute Gasteiger partial charge is 0.449 e. The molecule has 0 unspecified atom stereocenters. The van der Waals surface area contributed by atoms with Crippen LogP contribution in [0.2, 0.25) is 0 Å². The minimum absolute atomic E-state index is 0.623. The zero-order valence-electron chi connectivity index (χ0n) is 47.1. The predicted molar refractivity (Wildman–Crippen MR) is 295 cm³/mol. The molecule has 0 aromatic carbocycles. The molecule has 0 radical (unpaired) electrons. The highest BCUT2D eigenvalue weighted by Gasteiger charge is 1.93. The summed E-state index contributed by atoms with van der Waals surface area (Å²) in [6.45, 7) is 42.8. The number of oxazole rings is 2. The van der Waals surface area contributed by atoms with Gasteiger partial charge in [-0.25, -0.2) is 29.9 Å². The molecule has 0 spiro atoms. The van der Waals surface area contributed by atoms with Crippen LogP contribution in [0, 0.1) is 111 Å². The van der Waals surface area contributed by atoms with E-state index < -0.39 is 0 Å². The van der Waals surface area contributed by atoms with Crippen LogP contribution in [0.15, 0.2) is 62.0 Å². The van der Waals surface area contributed by atoms with Crippen LogP contribution in [0.5, 0.6) is 0 Å². The Bertz CT molecular complexity index is 2220. The van der Waals surface area contributed by atoms with Gasteiger partial charge in [-0.15, -0.1) is 22.7 Å². The molecule has 0 saturated carbocycles. The van der Waals surface area contributed by atoms with Crippen molar-refractivity contribution in [3.05, 3.63) is 137 Å². The van der Waals surface area contributed by atoms with E-state index in [2.05, 4.69) is 108 Å². The summed E-state index contributed by atoms with van der Waals surface area (Å²) in [6, 6.07) is 0. The Morgan fingerprint density at radius 2 is 0.863 bits per heavy atom. The number of rotatable bonds is 0. The third-order valence-electron chi connectivity index (χ3n) is 7.43. The van der Waals surface area contributed by atoms with Crippen LogP contribution in [0.3, 0.4) is 0 Å². The highest BCUT2D eigenvalue weighted by atomic mass is 32.1. The Kier molecular flexibility index (Phi) is 43.8. The molecule has 10 heterocycles. The quantitative estimate of drug-likeness (QED) is 0.143. The van der Waals surface area contributed by atoms with Gasteiger partial charge in [-0.2, -0.15) is 59.5 Å². The Morgan fingerprint density at radius 3 is 0.945 bits per heavy atom. The fraction of sp³-hybridized carbons (Fsp3) is 0.489. The van der Waals surface area contributed by atoms with Crippen molar-refractivity contribution in [3.8, 4) is 0 Å². The number of hydrogen-bond donors (Lipinski definition) is 2. The van der Waals surface area contributed by atoms with E-state index in [4.69, 9.17) is 8.83 Å². The SMILES string of the molecule is CC.CC.CC.Cc1cn[nH]n1.Cc1cn[nH]n1.Cc1ncoc1C.Cc1ncoc1C.Cc1ncsc1C.Cc1ncsc1C.Cc1noc(C)n1.Cc1nsc(C)n1.Cc1nsc(C)n1.Cn1nccn1. The second-order valence-corrected chi connectivity index (χ2v) is 17.3. The van der Waals surface area contributed by atoms with Crippen molar-refractivity contribution in [2.75, 3.05) is 0 Å². The minimum atomic E-state index is 0.623. The van der Waals surface area contributed by atoms with Crippen molar-refractivity contribution in [3.63, 3.8) is 0 Å². The standard InChI is InChI=1S/2C5H7NO.2C5H7NS.C4H6N2O.2C4H6N2S.3C3H5N3.3C2H6/c4*1-4-5(2)7-3-6-4;3*1-3-5-4(2)7-6-3;1-6-4-2-3-5-6;2*1-3-2-4-6-5-3;3*1-2/h4*3H,1-2H3;3*1-2H3;2-3H,1H3;2*2H,1H3,(H,4,5,6);3*1-2H3. The minimum Gasteiger partial charge on any atom is -0.449 e. The monoisotopic (exact) mass is 1090 g/mol. The molecule has 0 aliphatic carbocycles. The third-order valence-corrected chi connectivity index (χ3v) is 10.6. The number of aryl methyl sites for hydroxylation is 17. The smallest absolute Gasteiger partial charge is 0.223 e. The van der Waals surface area contributed by atoms with Crippen LogP contribution in [-0.2, 0) is 7.05 Å². The zero-order valence-corrected chi connectivity index (χ0v) is 50.3. The maximum atomic E-state index is 4.85. The van der Waals surface area contributed by atoms with Crippen LogP contribution < -0.4 is 0 Å². The van der Waals surface area contributed by atoms with Crippen molar-refractivity contribution in [2.24, 2.45) is 7.05 Å². The second-order valence-electron chi connectivity index (χ2n) is 13.3. The van der Waals surface area contributed by atoms with Gasteiger partial charge >= 0.3 is 0 Å². The molecule has 0 aliphatic heterocycles. The maximum Gasteiger partial charge on any atom is 0.223 e. The molecule has 0 amide bonds. The maximum absolute atomic E-state index is 4.85. The van der Waals surface area contributed by atoms with Crippen LogP contribution in [-0.4, -0.2) is 94.6 Å². The van der Waals surface area contributed by atoms with Gasteiger partial charge in [0, 0.05) is 23.7 Å². The number of nitrogens with one attached hydrogen (secondary N) is 2. The fourth-order valence-electron chi connectivity index (χ4n) is 3.45. The number of aromatic amines is 2. The van der Waals surface area contributed by atoms with Crippen molar-refractivity contribution in [1.29, 1.82) is 0 Å². The van der Waals surface area contributed by atoms with Crippen molar-refractivity contribution >= 4 is 45.7 Å². The molecule has 10 aromatic heterocycles. The molecule has 2 N–H and O–H groups in total. The molecular weight excluding hydrogens is 1010 g/mol. The topological polar surface area (TPSA) is 282 Å². The Hall–Kier alpha value is -6.64. The van der Waals surface area contributed by atoms with Crippen molar-refractivity contribution < 1.29 is 13.4 Å². The van der Waals surface area contributed by atoms with Gasteiger partial charge < -0.3 is 13.4 Å². The summed E-state index contributed by atoms with van der Waals surface area (Å²) >= 11 is 6.27. The van der Waals surface area contributed by atoms with Gasteiger partial charge in [0.1, 0.15) is 33.2 Å². The fourth-order valence-corrected chi connectivity index (χ4v) is 5.59. The van der Waals surface area contributed by atoms with E-state index in [0.717, 1.165) is 67.3 Å². The van der Waals surface area contributed by atoms with E-state index >= 15 is 0 Å². The molecule has 404 valence electrons. The van der Waals surface area contributed by atoms with E-state index in [1.807, 2.05) is 136 Å². The lowest BCUT2D eigenvalue weighted by atomic mass is 10.4. The summed E-state index contributed by atoms with van der Waals surface area (Å²) < 4.78 is 22.2. The molecule has 10 aromatic rings. The van der Waals surface area contributed by atoms with Gasteiger partial charge in [0.15, 0.2) is 18.6 Å². The summed E-state index contributed by atoms with van der Waals surface area (Å²) in [5.74, 6) is 4.88. The van der Waals surface area contributed by atoms with Gasteiger partial charge in [-0.1, -0.05) is 46.7 Å². The molecular formula is C47H79N19O3S4. The van der Waals surface area contributed by atoms with Gasteiger partial charge in [-0.05, 0) is 127 Å². The average molecular weight is 1090 g/mol. The second kappa shape index (κ2) is 45.2. The Morgan fingerprint density at radius 1 is 0.479 bits per heavy atom. The van der Waals surface area contributed by atoms with Crippen molar-refractivity contribution in [2.45, 2.75) is 152 Å². The van der Waals surface area contributed by atoms with Crippen molar-refractivity contribution in [1.82, 2.24) is 94.6 Å². The Labute approximate surface area is 448 Å². The summed E-state index contributed by atoms with van der Waals surface area (Å²) in [4.78, 5) is 31.8. The van der Waals surface area contributed by atoms with Crippen LogP contribution in [0.4, 0.5) is 0 Å². The highest BCUT2D eigenvalue weighted by Crippen LogP contribution is 2.09. The summed E-state index contributed by atoms with van der Waals surface area (Å²) in [5, 5.41) is 32.4. The van der Waals surface area contributed by atoms with Gasteiger partial charge in [-0.3, -0.25) is 0 Å². The molecule has 10 rings (SSSR count). The first-order chi connectivity index (χ1) is 34.8. The van der Waals surface area contributed by atoms with E-state index in [1.54, 1.807) is 68.4 Å².